The van der Waals surface area contributed by atoms with E-state index in [9.17, 15) is 27.9 Å². The first-order valence-electron chi connectivity index (χ1n) is 20.8. The molecule has 5 aliphatic rings. The molecular weight excluding hydrogens is 787 g/mol. The molecule has 15 heteroatoms. The van der Waals surface area contributed by atoms with Crippen LogP contribution < -0.4 is 14.8 Å². The van der Waals surface area contributed by atoms with Crippen LogP contribution in [0.5, 0.6) is 11.5 Å². The average Bonchev–Trinajstić information content (AvgIpc) is 4.12. The minimum Gasteiger partial charge on any atom is -0.755 e. The first kappa shape index (κ1) is 41.6. The van der Waals surface area contributed by atoms with Gasteiger partial charge in [0.15, 0.2) is 0 Å². The molecule has 60 heavy (non-hydrogen) atoms. The van der Waals surface area contributed by atoms with Gasteiger partial charge in [-0.3, -0.25) is 32.5 Å². The maximum absolute atomic E-state index is 15.1. The fraction of sp³-hybridized carbons (Fsp3) is 0.511. The summed E-state index contributed by atoms with van der Waals surface area (Å²) in [5, 5.41) is 3.60. The van der Waals surface area contributed by atoms with Gasteiger partial charge in [-0.05, 0) is 49.7 Å². The SMILES string of the molecule is C=C[C@@H]1C[C@]1(NC(=O)[C@@H]1C[C@@H](Oc2cc(-c3ccccc3)nc3cc(OC)ccc23)CN1C(=O)[C@@H](CC(=O)N1C2CCC1CC(=O)C2)C(C)(C)C)C(=O)N(C1CC1)S(=O)[O-]. The zero-order chi connectivity index (χ0) is 42.7. The van der Waals surface area contributed by atoms with Gasteiger partial charge in [-0.1, -0.05) is 57.2 Å². The van der Waals surface area contributed by atoms with E-state index in [4.69, 9.17) is 14.5 Å². The number of pyridine rings is 1. The molecule has 1 N–H and O–H groups in total. The van der Waals surface area contributed by atoms with Crippen molar-refractivity contribution in [2.75, 3.05) is 13.7 Å². The van der Waals surface area contributed by atoms with Crippen LogP contribution in [0, 0.1) is 17.3 Å². The zero-order valence-corrected chi connectivity index (χ0v) is 35.3. The van der Waals surface area contributed by atoms with E-state index in [1.165, 1.54) is 11.0 Å². The number of rotatable bonds is 13. The number of piperidine rings is 1. The number of methoxy groups -OCH3 is 1. The monoisotopic (exact) mass is 838 g/mol. The number of fused-ring (bicyclic) bond motifs is 3. The van der Waals surface area contributed by atoms with Crippen LogP contribution in [0.2, 0.25) is 0 Å². The van der Waals surface area contributed by atoms with Crippen molar-refractivity contribution in [2.45, 2.75) is 114 Å². The topological polar surface area (TPSA) is 179 Å². The van der Waals surface area contributed by atoms with Crippen LogP contribution in [0.4, 0.5) is 0 Å². The Balaban J connectivity index is 1.13. The van der Waals surface area contributed by atoms with E-state index < -0.39 is 70.0 Å². The Morgan fingerprint density at radius 3 is 2.37 bits per heavy atom. The van der Waals surface area contributed by atoms with Crippen LogP contribution in [0.15, 0.2) is 67.3 Å². The molecule has 318 valence electrons. The molecule has 2 aliphatic carbocycles. The van der Waals surface area contributed by atoms with Gasteiger partial charge in [-0.2, -0.15) is 0 Å². The number of nitrogens with zero attached hydrogens (tertiary/aromatic N) is 4. The summed E-state index contributed by atoms with van der Waals surface area (Å²) in [7, 11) is 1.57. The van der Waals surface area contributed by atoms with Crippen molar-refractivity contribution >= 4 is 51.6 Å². The number of nitrogens with one attached hydrogen (secondary N) is 1. The van der Waals surface area contributed by atoms with Crippen molar-refractivity contribution in [1.29, 1.82) is 0 Å². The summed E-state index contributed by atoms with van der Waals surface area (Å²) in [4.78, 5) is 78.4. The van der Waals surface area contributed by atoms with Crippen LogP contribution >= 0.6 is 0 Å². The second-order valence-corrected chi connectivity index (χ2v) is 18.9. The molecule has 2 aromatic carbocycles. The maximum Gasteiger partial charge on any atom is 0.260 e. The summed E-state index contributed by atoms with van der Waals surface area (Å²) in [6, 6.07) is 15.0. The van der Waals surface area contributed by atoms with Crippen LogP contribution in [-0.2, 0) is 35.2 Å². The lowest BCUT2D eigenvalue weighted by Crippen LogP contribution is -2.58. The van der Waals surface area contributed by atoms with E-state index in [2.05, 4.69) is 11.9 Å². The number of hydrogen-bond acceptors (Lipinski definition) is 10. The average molecular weight is 839 g/mol. The van der Waals surface area contributed by atoms with Gasteiger partial charge in [-0.15, -0.1) is 6.58 Å². The number of carbonyl (C=O) groups is 5. The molecular formula is C45H52N5O9S-. The number of ether oxygens (including phenoxy) is 2. The molecule has 0 spiro atoms. The molecule has 8 atom stereocenters. The molecule has 3 aliphatic heterocycles. The number of aromatic nitrogens is 1. The molecule has 3 aromatic rings. The second kappa shape index (κ2) is 16.0. The minimum atomic E-state index is -2.84. The highest BCUT2D eigenvalue weighted by Gasteiger charge is 2.63. The van der Waals surface area contributed by atoms with E-state index in [0.717, 1.165) is 22.7 Å². The maximum atomic E-state index is 15.1. The van der Waals surface area contributed by atoms with E-state index in [0.29, 0.717) is 53.8 Å². The molecule has 4 amide bonds. The molecule has 1 aromatic heterocycles. The van der Waals surface area contributed by atoms with Crippen molar-refractivity contribution in [3.05, 3.63) is 67.3 Å². The fourth-order valence-corrected chi connectivity index (χ4v) is 10.3. The smallest absolute Gasteiger partial charge is 0.260 e. The number of ketones is 1. The van der Waals surface area contributed by atoms with E-state index >= 15 is 4.79 Å². The molecule has 3 unspecified atom stereocenters. The van der Waals surface area contributed by atoms with Crippen molar-refractivity contribution in [3.63, 3.8) is 0 Å². The van der Waals surface area contributed by atoms with Gasteiger partial charge < -0.3 is 29.1 Å². The number of amides is 4. The molecule has 8 rings (SSSR count). The molecule has 2 saturated carbocycles. The van der Waals surface area contributed by atoms with Gasteiger partial charge in [-0.25, -0.2) is 4.98 Å². The largest absolute Gasteiger partial charge is 0.755 e. The van der Waals surface area contributed by atoms with Crippen LogP contribution in [-0.4, -0.2) is 107 Å². The Labute approximate surface area is 352 Å². The Morgan fingerprint density at radius 2 is 1.77 bits per heavy atom. The van der Waals surface area contributed by atoms with E-state index in [1.807, 2.05) is 74.2 Å². The summed E-state index contributed by atoms with van der Waals surface area (Å²) in [6.45, 7) is 9.51. The van der Waals surface area contributed by atoms with E-state index in [1.54, 1.807) is 13.2 Å². The fourth-order valence-electron chi connectivity index (χ4n) is 9.51. The lowest BCUT2D eigenvalue weighted by atomic mass is 9.77. The quantitative estimate of drug-likeness (QED) is 0.184. The highest BCUT2D eigenvalue weighted by atomic mass is 32.2. The zero-order valence-electron chi connectivity index (χ0n) is 34.5. The Hall–Kier alpha value is -5.15. The predicted octanol–water partition coefficient (Wildman–Crippen LogP) is 4.88. The molecule has 14 nitrogen and oxygen atoms in total. The lowest BCUT2D eigenvalue weighted by Gasteiger charge is -2.38. The van der Waals surface area contributed by atoms with Gasteiger partial charge in [0.2, 0.25) is 17.7 Å². The third-order valence-corrected chi connectivity index (χ3v) is 13.8. The van der Waals surface area contributed by atoms with Gasteiger partial charge in [0.1, 0.15) is 35.0 Å². The van der Waals surface area contributed by atoms with Gasteiger partial charge >= 0.3 is 0 Å². The normalized spacial score (nSPS) is 26.9. The Morgan fingerprint density at radius 1 is 1.07 bits per heavy atom. The van der Waals surface area contributed by atoms with Crippen molar-refractivity contribution in [1.82, 2.24) is 24.4 Å². The van der Waals surface area contributed by atoms with Crippen molar-refractivity contribution < 1.29 is 42.2 Å². The number of benzene rings is 2. The van der Waals surface area contributed by atoms with Crippen molar-refractivity contribution in [3.8, 4) is 22.8 Å². The highest BCUT2D eigenvalue weighted by Crippen LogP contribution is 2.48. The second-order valence-electron chi connectivity index (χ2n) is 18.1. The molecule has 2 bridgehead atoms. The summed E-state index contributed by atoms with van der Waals surface area (Å²) < 4.78 is 37.7. The first-order valence-corrected chi connectivity index (χ1v) is 21.9. The van der Waals surface area contributed by atoms with Gasteiger partial charge in [0.05, 0.1) is 42.0 Å². The van der Waals surface area contributed by atoms with Crippen LogP contribution in [0.1, 0.15) is 78.6 Å². The summed E-state index contributed by atoms with van der Waals surface area (Å²) in [5.41, 5.74) is -0.137. The van der Waals surface area contributed by atoms with Crippen LogP contribution in [0.25, 0.3) is 22.2 Å². The Kier molecular flexibility index (Phi) is 11.1. The van der Waals surface area contributed by atoms with E-state index in [-0.39, 0.29) is 49.6 Å². The molecule has 3 saturated heterocycles. The highest BCUT2D eigenvalue weighted by molar-refractivity contribution is 7.77. The number of likely N-dealkylation sites (tertiary alicyclic amines) is 1. The minimum absolute atomic E-state index is 0.00753. The standard InChI is InChI=1S/C45H53N5O9S/c1-6-27-24-45(27,43(55)50(60(56)57)28-12-13-28)47-41(53)38-21-33(59-39-23-36(26-10-8-7-9-11-26)46-37-20-32(58-5)16-17-34(37)39)25-48(38)42(54)35(44(2,3)4)22-40(52)49-29-14-15-30(49)19-31(51)18-29/h6-11,16-17,20,23,27-30,33,35,38H,1,12-15,18-19,21-22,24-25H2,2-5H3,(H,47,53)(H,56,57)/p-1/t27-,29?,30?,33-,35-,38+,45-/m1/s1. The summed E-state index contributed by atoms with van der Waals surface area (Å²) >= 11 is -2.84. The lowest BCUT2D eigenvalue weighted by molar-refractivity contribution is -0.150. The summed E-state index contributed by atoms with van der Waals surface area (Å²) in [5.74, 6) is -2.07. The number of hydrogen-bond donors (Lipinski definition) is 1. The summed E-state index contributed by atoms with van der Waals surface area (Å²) in [6.07, 6.45) is 4.13. The van der Waals surface area contributed by atoms with Gasteiger partial charge in [0.25, 0.3) is 5.91 Å². The molecule has 0 radical (unpaired) electrons. The van der Waals surface area contributed by atoms with Crippen LogP contribution in [0.3, 0.4) is 0 Å². The van der Waals surface area contributed by atoms with Crippen molar-refractivity contribution in [2.24, 2.45) is 17.3 Å². The number of Topliss-reactive ketones (excluding diaryl/α,β-unsaturated/α-hetero) is 1. The van der Waals surface area contributed by atoms with Gasteiger partial charge in [0, 0.05) is 72.8 Å². The third-order valence-electron chi connectivity index (χ3n) is 13.0. The number of carbonyl (C=O) groups excluding carboxylic acids is 5. The Bertz CT molecular complexity index is 2240. The first-order chi connectivity index (χ1) is 28.6. The molecule has 4 heterocycles. The third kappa shape index (κ3) is 7.93. The predicted molar refractivity (Wildman–Crippen MR) is 222 cm³/mol. The molecule has 5 fully saturated rings.